The lowest BCUT2D eigenvalue weighted by atomic mass is 9.89. The number of anilines is 1. The second-order valence-electron chi connectivity index (χ2n) is 16.6. The monoisotopic (exact) mass is 865 g/mol. The first kappa shape index (κ1) is 41.7. The van der Waals surface area contributed by atoms with Crippen molar-refractivity contribution in [1.29, 1.82) is 0 Å². The Labute approximate surface area is 358 Å². The molecule has 4 amide bonds. The smallest absolute Gasteiger partial charge is 0.262 e. The molecule has 4 aliphatic rings. The topological polar surface area (TPSA) is 157 Å². The lowest BCUT2D eigenvalue weighted by molar-refractivity contribution is -0.158. The summed E-state index contributed by atoms with van der Waals surface area (Å²) < 4.78 is 17.7. The summed E-state index contributed by atoms with van der Waals surface area (Å²) in [6.07, 6.45) is 1.67. The van der Waals surface area contributed by atoms with E-state index in [0.717, 1.165) is 51.5 Å². The number of imide groups is 2. The molecule has 1 saturated carbocycles. The third kappa shape index (κ3) is 8.73. The fraction of sp³-hybridized carbons (Fsp3) is 0.386. The van der Waals surface area contributed by atoms with E-state index in [9.17, 15) is 24.0 Å². The first-order valence-electron chi connectivity index (χ1n) is 20.2. The van der Waals surface area contributed by atoms with E-state index in [2.05, 4.69) is 59.4 Å². The van der Waals surface area contributed by atoms with Crippen LogP contribution >= 0.6 is 23.5 Å². The first-order chi connectivity index (χ1) is 28.8. The summed E-state index contributed by atoms with van der Waals surface area (Å²) in [5.41, 5.74) is 3.83. The molecule has 0 radical (unpaired) electrons. The summed E-state index contributed by atoms with van der Waals surface area (Å²) in [6.45, 7) is 8.35. The molecule has 3 aromatic carbocycles. The van der Waals surface area contributed by atoms with Gasteiger partial charge in [0.05, 0.1) is 11.1 Å². The Morgan fingerprint density at radius 1 is 0.850 bits per heavy atom. The van der Waals surface area contributed by atoms with Gasteiger partial charge in [0, 0.05) is 70.2 Å². The van der Waals surface area contributed by atoms with Gasteiger partial charge in [-0.15, -0.1) is 33.7 Å². The zero-order chi connectivity index (χ0) is 42.2. The summed E-state index contributed by atoms with van der Waals surface area (Å²) in [5, 5.41) is 11.4. The standard InChI is InChI=1S/C44H47N5O8S2Si/c1-27(50)37-15-17-39(47-46-37)57-33-12-7-29(8-13-33)44(58-20-21-59-44)28-5-10-32(11-6-28)56-34-23-31(24-34)45-30-9-14-35-36(25-30)42(53)49(41(35)52)38-16-18-40(51)48(43(38)54)26-55-19-22-60(2,3)4/h5-15,17,25,31,34,38,45H,16,18-24,26H2,1-4H3. The second kappa shape index (κ2) is 17.1. The molecule has 0 spiro atoms. The van der Waals surface area contributed by atoms with Gasteiger partial charge in [-0.1, -0.05) is 43.9 Å². The number of hydrogen-bond acceptors (Lipinski definition) is 13. The van der Waals surface area contributed by atoms with Gasteiger partial charge >= 0.3 is 0 Å². The van der Waals surface area contributed by atoms with Crippen molar-refractivity contribution < 1.29 is 38.2 Å². The Balaban J connectivity index is 0.842. The Morgan fingerprint density at radius 2 is 1.52 bits per heavy atom. The summed E-state index contributed by atoms with van der Waals surface area (Å²) in [6, 6.07) is 24.6. The van der Waals surface area contributed by atoms with Crippen LogP contribution in [0.1, 0.15) is 74.9 Å². The first-order valence-corrected chi connectivity index (χ1v) is 25.8. The number of nitrogens with one attached hydrogen (secondary N) is 1. The van der Waals surface area contributed by atoms with Crippen molar-refractivity contribution in [1.82, 2.24) is 20.0 Å². The van der Waals surface area contributed by atoms with E-state index < -0.39 is 31.8 Å². The predicted molar refractivity (Wildman–Crippen MR) is 233 cm³/mol. The van der Waals surface area contributed by atoms with Crippen LogP contribution in [0.2, 0.25) is 25.7 Å². The highest BCUT2D eigenvalue weighted by Crippen LogP contribution is 2.56. The van der Waals surface area contributed by atoms with E-state index >= 15 is 0 Å². The van der Waals surface area contributed by atoms with Crippen LogP contribution < -0.4 is 14.8 Å². The Morgan fingerprint density at radius 3 is 2.15 bits per heavy atom. The Hall–Kier alpha value is -5.03. The van der Waals surface area contributed by atoms with Gasteiger partial charge in [-0.05, 0) is 72.1 Å². The van der Waals surface area contributed by atoms with Crippen molar-refractivity contribution in [3.05, 3.63) is 107 Å². The minimum absolute atomic E-state index is 0.0176. The van der Waals surface area contributed by atoms with Crippen LogP contribution in [0, 0.1) is 0 Å². The molecule has 60 heavy (non-hydrogen) atoms. The molecule has 1 aromatic heterocycles. The maximum Gasteiger partial charge on any atom is 0.262 e. The normalized spacial score (nSPS) is 21.2. The Kier molecular flexibility index (Phi) is 11.9. The van der Waals surface area contributed by atoms with Gasteiger partial charge in [-0.25, -0.2) is 0 Å². The van der Waals surface area contributed by atoms with Crippen LogP contribution in [0.5, 0.6) is 17.4 Å². The molecule has 13 nitrogen and oxygen atoms in total. The number of nitrogens with zero attached hydrogens (tertiary/aromatic N) is 4. The number of carbonyl (C=O) groups is 5. The van der Waals surface area contributed by atoms with E-state index in [4.69, 9.17) is 14.2 Å². The van der Waals surface area contributed by atoms with Crippen molar-refractivity contribution in [2.45, 2.75) is 80.6 Å². The van der Waals surface area contributed by atoms with E-state index in [1.54, 1.807) is 30.3 Å². The molecule has 16 heteroatoms. The van der Waals surface area contributed by atoms with Crippen LogP contribution in [0.4, 0.5) is 5.69 Å². The molecule has 8 rings (SSSR count). The van der Waals surface area contributed by atoms with Gasteiger partial charge in [0.2, 0.25) is 11.8 Å². The molecule has 0 bridgehead atoms. The Bertz CT molecular complexity index is 2290. The maximum absolute atomic E-state index is 13.7. The average molecular weight is 866 g/mol. The lowest BCUT2D eigenvalue weighted by Gasteiger charge is -2.36. The third-order valence-corrected chi connectivity index (χ3v) is 16.3. The van der Waals surface area contributed by atoms with Gasteiger partial charge in [0.25, 0.3) is 17.7 Å². The third-order valence-electron chi connectivity index (χ3n) is 11.1. The van der Waals surface area contributed by atoms with Crippen LogP contribution in [-0.4, -0.2) is 101 Å². The molecular formula is C44H47N5O8S2Si. The van der Waals surface area contributed by atoms with Crippen LogP contribution in [0.3, 0.4) is 0 Å². The number of Topliss-reactive ketones (excluding diaryl/α,β-unsaturated/α-hetero) is 1. The average Bonchev–Trinajstić information content (AvgIpc) is 3.80. The van der Waals surface area contributed by atoms with Gasteiger partial charge < -0.3 is 19.5 Å². The molecule has 4 heterocycles. The van der Waals surface area contributed by atoms with E-state index in [0.29, 0.717) is 29.6 Å². The minimum Gasteiger partial charge on any atom is -0.490 e. The van der Waals surface area contributed by atoms with Crippen molar-refractivity contribution in [2.24, 2.45) is 0 Å². The zero-order valence-corrected chi connectivity index (χ0v) is 36.6. The number of hydrogen-bond donors (Lipinski definition) is 1. The maximum atomic E-state index is 13.7. The minimum atomic E-state index is -1.36. The quantitative estimate of drug-likeness (QED) is 0.0540. The van der Waals surface area contributed by atoms with Gasteiger partial charge in [0.1, 0.15) is 40.1 Å². The molecule has 312 valence electrons. The number of likely N-dealkylation sites (tertiary alicyclic amines) is 1. The number of fused-ring (bicyclic) bond motifs is 1. The number of rotatable bonds is 15. The fourth-order valence-electron chi connectivity index (χ4n) is 7.66. The van der Waals surface area contributed by atoms with E-state index in [1.807, 2.05) is 47.8 Å². The summed E-state index contributed by atoms with van der Waals surface area (Å²) in [4.78, 5) is 66.8. The molecule has 1 atom stereocenters. The zero-order valence-electron chi connectivity index (χ0n) is 34.0. The molecule has 2 saturated heterocycles. The van der Waals surface area contributed by atoms with Crippen molar-refractivity contribution in [3.63, 3.8) is 0 Å². The van der Waals surface area contributed by atoms with E-state index in [-0.39, 0.29) is 58.6 Å². The SMILES string of the molecule is CC(=O)c1ccc(Oc2ccc(C3(c4ccc(OC5CC(Nc6ccc7c(c6)C(=O)N(C6CCC(=O)N(COCC[Si](C)(C)C)C6=O)C7=O)C5)cc4)SCCS3)cc2)nn1. The number of carbonyl (C=O) groups excluding carboxylic acids is 5. The van der Waals surface area contributed by atoms with Crippen molar-refractivity contribution >= 4 is 66.7 Å². The highest BCUT2D eigenvalue weighted by atomic mass is 32.2. The van der Waals surface area contributed by atoms with Crippen LogP contribution in [0.25, 0.3) is 0 Å². The fourth-order valence-corrected chi connectivity index (χ4v) is 11.7. The van der Waals surface area contributed by atoms with Gasteiger partial charge in [0.15, 0.2) is 5.78 Å². The molecule has 1 unspecified atom stereocenters. The number of ether oxygens (including phenoxy) is 3. The van der Waals surface area contributed by atoms with E-state index in [1.165, 1.54) is 12.5 Å². The predicted octanol–water partition coefficient (Wildman–Crippen LogP) is 7.60. The highest BCUT2D eigenvalue weighted by molar-refractivity contribution is 8.20. The summed E-state index contributed by atoms with van der Waals surface area (Å²) in [5.74, 6) is 1.64. The number of piperidine rings is 1. The molecule has 4 aromatic rings. The molecule has 1 aliphatic carbocycles. The number of thioether (sulfide) groups is 2. The number of benzene rings is 3. The number of aromatic nitrogens is 2. The largest absolute Gasteiger partial charge is 0.490 e. The molecule has 3 fully saturated rings. The molecular weight excluding hydrogens is 819 g/mol. The summed E-state index contributed by atoms with van der Waals surface area (Å²) >= 11 is 3.82. The molecule has 1 N–H and O–H groups in total. The highest BCUT2D eigenvalue weighted by Gasteiger charge is 2.47. The van der Waals surface area contributed by atoms with Crippen molar-refractivity contribution in [2.75, 3.05) is 30.2 Å². The van der Waals surface area contributed by atoms with Crippen molar-refractivity contribution in [3.8, 4) is 17.4 Å². The number of ketones is 1. The summed E-state index contributed by atoms with van der Waals surface area (Å²) in [7, 11) is -1.36. The number of amides is 4. The molecule has 3 aliphatic heterocycles. The van der Waals surface area contributed by atoms with Gasteiger partial charge in [-0.3, -0.25) is 33.8 Å². The lowest BCUT2D eigenvalue weighted by Crippen LogP contribution is -2.56. The van der Waals surface area contributed by atoms with Crippen LogP contribution in [0.15, 0.2) is 78.9 Å². The van der Waals surface area contributed by atoms with Crippen LogP contribution in [-0.2, 0) is 18.4 Å². The van der Waals surface area contributed by atoms with Gasteiger partial charge in [-0.2, -0.15) is 0 Å². The second-order valence-corrected chi connectivity index (χ2v) is 25.1.